The van der Waals surface area contributed by atoms with Crippen LogP contribution in [0.1, 0.15) is 40.0 Å². The fourth-order valence-electron chi connectivity index (χ4n) is 2.02. The van der Waals surface area contributed by atoms with Crippen molar-refractivity contribution in [1.82, 2.24) is 5.32 Å². The molecule has 0 spiro atoms. The minimum absolute atomic E-state index is 0.215. The molecule has 0 aromatic carbocycles. The van der Waals surface area contributed by atoms with Crippen molar-refractivity contribution in [2.75, 3.05) is 11.5 Å². The fourth-order valence-corrected chi connectivity index (χ4v) is 3.64. The first-order valence-corrected chi connectivity index (χ1v) is 7.19. The van der Waals surface area contributed by atoms with Crippen LogP contribution in [0.2, 0.25) is 0 Å². The molecular weight excluding hydrogens is 222 g/mol. The maximum Gasteiger partial charge on any atom is 0.320 e. The zero-order valence-corrected chi connectivity index (χ0v) is 11.3. The van der Waals surface area contributed by atoms with Crippen LogP contribution in [0.5, 0.6) is 0 Å². The normalized spacial score (nSPS) is 26.3. The van der Waals surface area contributed by atoms with Gasteiger partial charge in [0, 0.05) is 11.8 Å². The van der Waals surface area contributed by atoms with E-state index in [0.717, 1.165) is 18.6 Å². The molecule has 94 valence electrons. The molecule has 2 unspecified atom stereocenters. The van der Waals surface area contributed by atoms with Gasteiger partial charge in [0.2, 0.25) is 0 Å². The van der Waals surface area contributed by atoms with E-state index in [9.17, 15) is 4.79 Å². The van der Waals surface area contributed by atoms with Crippen LogP contribution in [-0.4, -0.2) is 34.7 Å². The lowest BCUT2D eigenvalue weighted by molar-refractivity contribution is -0.140. The van der Waals surface area contributed by atoms with Gasteiger partial charge in [0.1, 0.15) is 6.04 Å². The van der Waals surface area contributed by atoms with Crippen LogP contribution in [0.15, 0.2) is 0 Å². The third-order valence-corrected chi connectivity index (χ3v) is 4.46. The molecule has 0 bridgehead atoms. The molecule has 16 heavy (non-hydrogen) atoms. The molecule has 0 aromatic heterocycles. The van der Waals surface area contributed by atoms with Gasteiger partial charge in [-0.25, -0.2) is 0 Å². The molecule has 0 radical (unpaired) electrons. The van der Waals surface area contributed by atoms with Gasteiger partial charge in [0.25, 0.3) is 0 Å². The van der Waals surface area contributed by atoms with Crippen LogP contribution >= 0.6 is 11.8 Å². The van der Waals surface area contributed by atoms with E-state index < -0.39 is 5.97 Å². The summed E-state index contributed by atoms with van der Waals surface area (Å²) in [5.41, 5.74) is 0.215. The van der Waals surface area contributed by atoms with E-state index in [1.54, 1.807) is 0 Å². The molecule has 0 amide bonds. The second-order valence-corrected chi connectivity index (χ2v) is 6.36. The van der Waals surface area contributed by atoms with Gasteiger partial charge in [-0.2, -0.15) is 11.8 Å². The van der Waals surface area contributed by atoms with E-state index in [1.165, 1.54) is 5.75 Å². The quantitative estimate of drug-likeness (QED) is 0.780. The van der Waals surface area contributed by atoms with E-state index in [1.807, 2.05) is 18.7 Å². The smallest absolute Gasteiger partial charge is 0.320 e. The number of carbonyl (C=O) groups is 1. The Morgan fingerprint density at radius 1 is 1.62 bits per heavy atom. The average Bonchev–Trinajstić information content (AvgIpc) is 2.19. The number of carboxylic acids is 1. The van der Waals surface area contributed by atoms with Gasteiger partial charge in [-0.1, -0.05) is 27.2 Å². The van der Waals surface area contributed by atoms with Crippen molar-refractivity contribution in [3.8, 4) is 0 Å². The van der Waals surface area contributed by atoms with Crippen molar-refractivity contribution in [3.05, 3.63) is 0 Å². The number of aliphatic carboxylic acids is 1. The van der Waals surface area contributed by atoms with Crippen molar-refractivity contribution < 1.29 is 9.90 Å². The predicted molar refractivity (Wildman–Crippen MR) is 69.0 cm³/mol. The molecule has 2 N–H and O–H groups in total. The Labute approximate surface area is 102 Å². The summed E-state index contributed by atoms with van der Waals surface area (Å²) in [6, 6.07) is -0.0631. The van der Waals surface area contributed by atoms with Crippen molar-refractivity contribution in [1.29, 1.82) is 0 Å². The first-order valence-electron chi connectivity index (χ1n) is 6.04. The van der Waals surface area contributed by atoms with Crippen LogP contribution in [0.3, 0.4) is 0 Å². The third kappa shape index (κ3) is 3.67. The Balaban J connectivity index is 2.58. The van der Waals surface area contributed by atoms with Crippen LogP contribution in [0, 0.1) is 5.41 Å². The molecule has 1 rings (SSSR count). The molecule has 1 aliphatic rings. The van der Waals surface area contributed by atoms with Crippen LogP contribution in [0.25, 0.3) is 0 Å². The van der Waals surface area contributed by atoms with Crippen LogP contribution in [-0.2, 0) is 4.79 Å². The maximum absolute atomic E-state index is 11.1. The number of thioether (sulfide) groups is 1. The van der Waals surface area contributed by atoms with Crippen LogP contribution in [0.4, 0.5) is 0 Å². The van der Waals surface area contributed by atoms with Gasteiger partial charge in [-0.05, 0) is 24.0 Å². The molecule has 2 atom stereocenters. The fraction of sp³-hybridized carbons (Fsp3) is 0.917. The average molecular weight is 245 g/mol. The van der Waals surface area contributed by atoms with Crippen molar-refractivity contribution >= 4 is 17.7 Å². The van der Waals surface area contributed by atoms with E-state index >= 15 is 0 Å². The summed E-state index contributed by atoms with van der Waals surface area (Å²) >= 11 is 1.92. The number of carboxylic acid groups (broad SMARTS) is 1. The summed E-state index contributed by atoms with van der Waals surface area (Å²) in [5, 5.41) is 12.5. The van der Waals surface area contributed by atoms with Gasteiger partial charge in [0.15, 0.2) is 0 Å². The number of hydrogen-bond donors (Lipinski definition) is 2. The molecular formula is C12H23NO2S. The SMILES string of the molecule is CCCC(NC1CSCCC1(C)C)C(=O)O. The van der Waals surface area contributed by atoms with Crippen molar-refractivity contribution in [2.24, 2.45) is 5.41 Å². The zero-order chi connectivity index (χ0) is 12.2. The lowest BCUT2D eigenvalue weighted by Crippen LogP contribution is -2.52. The predicted octanol–water partition coefficient (Wildman–Crippen LogP) is 2.36. The topological polar surface area (TPSA) is 49.3 Å². The van der Waals surface area contributed by atoms with Gasteiger partial charge in [-0.3, -0.25) is 4.79 Å². The first-order chi connectivity index (χ1) is 7.47. The van der Waals surface area contributed by atoms with Crippen LogP contribution < -0.4 is 5.32 Å². The molecule has 1 saturated heterocycles. The van der Waals surface area contributed by atoms with E-state index in [0.29, 0.717) is 12.5 Å². The van der Waals surface area contributed by atoms with E-state index in [4.69, 9.17) is 5.11 Å². The maximum atomic E-state index is 11.1. The highest BCUT2D eigenvalue weighted by atomic mass is 32.2. The monoisotopic (exact) mass is 245 g/mol. The summed E-state index contributed by atoms with van der Waals surface area (Å²) < 4.78 is 0. The van der Waals surface area contributed by atoms with Gasteiger partial charge in [0.05, 0.1) is 0 Å². The minimum Gasteiger partial charge on any atom is -0.480 e. The van der Waals surface area contributed by atoms with Gasteiger partial charge >= 0.3 is 5.97 Å². The van der Waals surface area contributed by atoms with Crippen molar-refractivity contribution in [2.45, 2.75) is 52.1 Å². The molecule has 1 fully saturated rings. The Morgan fingerprint density at radius 3 is 2.81 bits per heavy atom. The summed E-state index contributed by atoms with van der Waals surface area (Å²) in [6.45, 7) is 6.49. The molecule has 0 aliphatic carbocycles. The molecule has 3 nitrogen and oxygen atoms in total. The molecule has 0 saturated carbocycles. The lowest BCUT2D eigenvalue weighted by Gasteiger charge is -2.40. The highest BCUT2D eigenvalue weighted by molar-refractivity contribution is 7.99. The minimum atomic E-state index is -0.715. The largest absolute Gasteiger partial charge is 0.480 e. The summed E-state index contributed by atoms with van der Waals surface area (Å²) in [5.74, 6) is 1.50. The molecule has 1 aliphatic heterocycles. The number of hydrogen-bond acceptors (Lipinski definition) is 3. The second kappa shape index (κ2) is 5.92. The first kappa shape index (κ1) is 13.8. The number of nitrogens with one attached hydrogen (secondary N) is 1. The van der Waals surface area contributed by atoms with Gasteiger partial charge in [-0.15, -0.1) is 0 Å². The Bertz CT molecular complexity index is 243. The Hall–Kier alpha value is -0.220. The summed E-state index contributed by atoms with van der Waals surface area (Å²) in [7, 11) is 0. The van der Waals surface area contributed by atoms with Crippen molar-refractivity contribution in [3.63, 3.8) is 0 Å². The molecule has 4 heteroatoms. The zero-order valence-electron chi connectivity index (χ0n) is 10.5. The standard InChI is InChI=1S/C12H23NO2S/c1-4-5-9(11(14)15)13-10-8-16-7-6-12(10,2)3/h9-10,13H,4-8H2,1-3H3,(H,14,15). The number of rotatable bonds is 5. The van der Waals surface area contributed by atoms with E-state index in [-0.39, 0.29) is 11.5 Å². The van der Waals surface area contributed by atoms with E-state index in [2.05, 4.69) is 19.2 Å². The highest BCUT2D eigenvalue weighted by Crippen LogP contribution is 2.34. The molecule has 1 heterocycles. The summed E-state index contributed by atoms with van der Waals surface area (Å²) in [6.07, 6.45) is 2.78. The molecule has 0 aromatic rings. The van der Waals surface area contributed by atoms with Gasteiger partial charge < -0.3 is 10.4 Å². The highest BCUT2D eigenvalue weighted by Gasteiger charge is 2.34. The summed E-state index contributed by atoms with van der Waals surface area (Å²) in [4.78, 5) is 11.1. The Kier molecular flexibility index (Phi) is 5.12. The third-order valence-electron chi connectivity index (χ3n) is 3.40. The lowest BCUT2D eigenvalue weighted by atomic mass is 9.82. The second-order valence-electron chi connectivity index (χ2n) is 5.21. The Morgan fingerprint density at radius 2 is 2.31 bits per heavy atom.